The lowest BCUT2D eigenvalue weighted by molar-refractivity contribution is -0.0670. The van der Waals surface area contributed by atoms with Gasteiger partial charge in [0.15, 0.2) is 6.29 Å². The Bertz CT molecular complexity index is 235. The number of ether oxygens (including phenoxy) is 2. The average molecular weight is 299 g/mol. The highest BCUT2D eigenvalue weighted by Gasteiger charge is 2.13. The number of nitrogens with zero attached hydrogens (tertiary/aromatic N) is 1. The number of likely N-dealkylation sites (N-methyl/N-ethyl adjacent to an activating group) is 1. The summed E-state index contributed by atoms with van der Waals surface area (Å²) in [5, 5.41) is 0. The predicted octanol–water partition coefficient (Wildman–Crippen LogP) is 4.62. The number of hydrogen-bond acceptors (Lipinski definition) is 3. The molecule has 0 aromatic carbocycles. The maximum atomic E-state index is 5.24. The van der Waals surface area contributed by atoms with E-state index in [1.54, 1.807) is 14.2 Å². The van der Waals surface area contributed by atoms with Crippen molar-refractivity contribution in [3.05, 3.63) is 12.2 Å². The smallest absolute Gasteiger partial charge is 0.176 e. The summed E-state index contributed by atoms with van der Waals surface area (Å²) in [6, 6.07) is 0.499. The van der Waals surface area contributed by atoms with Gasteiger partial charge in [-0.25, -0.2) is 0 Å². The minimum Gasteiger partial charge on any atom is -0.352 e. The second kappa shape index (κ2) is 14.6. The van der Waals surface area contributed by atoms with E-state index in [0.717, 1.165) is 13.1 Å². The Balaban J connectivity index is 4.26. The van der Waals surface area contributed by atoms with Crippen molar-refractivity contribution < 1.29 is 9.47 Å². The molecule has 0 fully saturated rings. The Hall–Kier alpha value is -0.380. The van der Waals surface area contributed by atoms with Gasteiger partial charge in [0.1, 0.15) is 0 Å². The van der Waals surface area contributed by atoms with Crippen LogP contribution in [0.15, 0.2) is 12.2 Å². The van der Waals surface area contributed by atoms with Gasteiger partial charge in [-0.15, -0.1) is 0 Å². The Morgan fingerprint density at radius 1 is 0.810 bits per heavy atom. The maximum absolute atomic E-state index is 5.24. The Labute approximate surface area is 132 Å². The molecule has 0 saturated carbocycles. The molecule has 3 nitrogen and oxygen atoms in total. The van der Waals surface area contributed by atoms with Gasteiger partial charge in [0, 0.05) is 20.3 Å². The van der Waals surface area contributed by atoms with E-state index >= 15 is 0 Å². The van der Waals surface area contributed by atoms with E-state index in [1.165, 1.54) is 44.9 Å². The topological polar surface area (TPSA) is 21.7 Å². The van der Waals surface area contributed by atoms with Crippen molar-refractivity contribution >= 4 is 0 Å². The largest absolute Gasteiger partial charge is 0.352 e. The van der Waals surface area contributed by atoms with E-state index in [-0.39, 0.29) is 6.29 Å². The third-order valence-electron chi connectivity index (χ3n) is 4.09. The van der Waals surface area contributed by atoms with Crippen molar-refractivity contribution in [2.24, 2.45) is 0 Å². The molecule has 0 aliphatic rings. The average Bonchev–Trinajstić information content (AvgIpc) is 2.51. The molecule has 0 N–H and O–H groups in total. The fourth-order valence-corrected chi connectivity index (χ4v) is 2.70. The van der Waals surface area contributed by atoms with Crippen LogP contribution in [-0.2, 0) is 9.47 Å². The van der Waals surface area contributed by atoms with Gasteiger partial charge >= 0.3 is 0 Å². The lowest BCUT2D eigenvalue weighted by Crippen LogP contribution is -2.33. The Kier molecular flexibility index (Phi) is 14.3. The highest BCUT2D eigenvalue weighted by Crippen LogP contribution is 2.14. The Morgan fingerprint density at radius 2 is 1.38 bits per heavy atom. The normalized spacial score (nSPS) is 13.7. The quantitative estimate of drug-likeness (QED) is 0.265. The first-order chi connectivity index (χ1) is 10.2. The SMILES string of the molecule is CCCCCCCCC(C=CC(OC)OC)N(CC)CC. The number of methoxy groups -OCH3 is 2. The number of rotatable bonds is 14. The lowest BCUT2D eigenvalue weighted by Gasteiger charge is -2.27. The molecule has 0 aromatic rings. The van der Waals surface area contributed by atoms with Gasteiger partial charge in [-0.2, -0.15) is 0 Å². The van der Waals surface area contributed by atoms with E-state index in [9.17, 15) is 0 Å². The van der Waals surface area contributed by atoms with E-state index in [4.69, 9.17) is 9.47 Å². The summed E-state index contributed by atoms with van der Waals surface area (Å²) < 4.78 is 10.5. The molecule has 1 atom stereocenters. The molecule has 0 heterocycles. The summed E-state index contributed by atoms with van der Waals surface area (Å²) >= 11 is 0. The molecule has 0 bridgehead atoms. The summed E-state index contributed by atoms with van der Waals surface area (Å²) in [6.45, 7) is 8.91. The zero-order valence-electron chi connectivity index (χ0n) is 14.9. The highest BCUT2D eigenvalue weighted by molar-refractivity contribution is 4.96. The first-order valence-corrected chi connectivity index (χ1v) is 8.71. The van der Waals surface area contributed by atoms with Crippen LogP contribution in [0.25, 0.3) is 0 Å². The van der Waals surface area contributed by atoms with Crippen LogP contribution < -0.4 is 0 Å². The van der Waals surface area contributed by atoms with Gasteiger partial charge in [-0.1, -0.05) is 65.4 Å². The summed E-state index contributed by atoms with van der Waals surface area (Å²) in [7, 11) is 3.36. The summed E-state index contributed by atoms with van der Waals surface area (Å²) in [5.74, 6) is 0. The summed E-state index contributed by atoms with van der Waals surface area (Å²) in [6.07, 6.45) is 13.4. The molecule has 0 aliphatic carbocycles. The molecular formula is C18H37NO2. The van der Waals surface area contributed by atoms with Crippen LogP contribution in [0.5, 0.6) is 0 Å². The molecule has 3 heteroatoms. The molecule has 0 aliphatic heterocycles. The van der Waals surface area contributed by atoms with Crippen molar-refractivity contribution in [2.75, 3.05) is 27.3 Å². The fraction of sp³-hybridized carbons (Fsp3) is 0.889. The molecule has 0 aromatic heterocycles. The van der Waals surface area contributed by atoms with E-state index in [0.29, 0.717) is 6.04 Å². The highest BCUT2D eigenvalue weighted by atomic mass is 16.7. The molecule has 0 spiro atoms. The molecular weight excluding hydrogens is 262 g/mol. The third-order valence-corrected chi connectivity index (χ3v) is 4.09. The van der Waals surface area contributed by atoms with Crippen LogP contribution in [0.1, 0.15) is 65.7 Å². The van der Waals surface area contributed by atoms with Crippen molar-refractivity contribution in [1.82, 2.24) is 4.90 Å². The molecule has 0 amide bonds. The van der Waals surface area contributed by atoms with Crippen molar-refractivity contribution in [3.63, 3.8) is 0 Å². The van der Waals surface area contributed by atoms with Crippen LogP contribution in [0.2, 0.25) is 0 Å². The standard InChI is InChI=1S/C18H37NO2/c1-6-9-10-11-12-13-14-17(19(7-2)8-3)15-16-18(20-4)21-5/h15-18H,6-14H2,1-5H3. The van der Waals surface area contributed by atoms with Crippen molar-refractivity contribution in [1.29, 1.82) is 0 Å². The summed E-state index contributed by atoms with van der Waals surface area (Å²) in [5.41, 5.74) is 0. The minimum absolute atomic E-state index is 0.229. The Morgan fingerprint density at radius 3 is 1.90 bits per heavy atom. The van der Waals surface area contributed by atoms with Gasteiger partial charge in [0.05, 0.1) is 0 Å². The molecule has 1 unspecified atom stereocenters. The monoisotopic (exact) mass is 299 g/mol. The second-order valence-electron chi connectivity index (χ2n) is 5.57. The molecule has 0 radical (unpaired) electrons. The maximum Gasteiger partial charge on any atom is 0.176 e. The molecule has 21 heavy (non-hydrogen) atoms. The van der Waals surface area contributed by atoms with Gasteiger partial charge in [-0.3, -0.25) is 4.90 Å². The predicted molar refractivity (Wildman–Crippen MR) is 91.6 cm³/mol. The van der Waals surface area contributed by atoms with E-state index in [2.05, 4.69) is 31.7 Å². The van der Waals surface area contributed by atoms with Crippen molar-refractivity contribution in [3.8, 4) is 0 Å². The van der Waals surface area contributed by atoms with Crippen LogP contribution in [0.3, 0.4) is 0 Å². The fourth-order valence-electron chi connectivity index (χ4n) is 2.70. The van der Waals surface area contributed by atoms with Gasteiger partial charge in [0.25, 0.3) is 0 Å². The zero-order chi connectivity index (χ0) is 15.9. The molecule has 0 rings (SSSR count). The van der Waals surface area contributed by atoms with Crippen LogP contribution in [0.4, 0.5) is 0 Å². The number of unbranched alkanes of at least 4 members (excludes halogenated alkanes) is 5. The van der Waals surface area contributed by atoms with Crippen molar-refractivity contribution in [2.45, 2.75) is 78.0 Å². The van der Waals surface area contributed by atoms with Gasteiger partial charge in [-0.05, 0) is 25.6 Å². The zero-order valence-corrected chi connectivity index (χ0v) is 14.9. The van der Waals surface area contributed by atoms with Gasteiger partial charge in [0.2, 0.25) is 0 Å². The lowest BCUT2D eigenvalue weighted by atomic mass is 10.0. The first-order valence-electron chi connectivity index (χ1n) is 8.71. The van der Waals surface area contributed by atoms with E-state index < -0.39 is 0 Å². The van der Waals surface area contributed by atoms with Gasteiger partial charge < -0.3 is 9.47 Å². The summed E-state index contributed by atoms with van der Waals surface area (Å²) in [4.78, 5) is 2.50. The van der Waals surface area contributed by atoms with E-state index in [1.807, 2.05) is 6.08 Å². The molecule has 0 saturated heterocycles. The minimum atomic E-state index is -0.229. The van der Waals surface area contributed by atoms with Crippen LogP contribution in [-0.4, -0.2) is 44.5 Å². The number of hydrogen-bond donors (Lipinski definition) is 0. The van der Waals surface area contributed by atoms with Crippen LogP contribution in [0, 0.1) is 0 Å². The first kappa shape index (κ1) is 20.6. The second-order valence-corrected chi connectivity index (χ2v) is 5.57. The molecule has 126 valence electrons. The van der Waals surface area contributed by atoms with Crippen LogP contribution >= 0.6 is 0 Å². The third kappa shape index (κ3) is 10.0.